The molecule has 31 heavy (non-hydrogen) atoms. The Morgan fingerprint density at radius 2 is 1.81 bits per heavy atom. The van der Waals surface area contributed by atoms with E-state index in [1.54, 1.807) is 25.3 Å². The summed E-state index contributed by atoms with van der Waals surface area (Å²) in [5, 5.41) is 17.3. The fourth-order valence-corrected chi connectivity index (χ4v) is 2.88. The van der Waals surface area contributed by atoms with Crippen molar-refractivity contribution in [1.82, 2.24) is 5.32 Å². The Kier molecular flexibility index (Phi) is 7.56. The second-order valence-corrected chi connectivity index (χ2v) is 6.65. The topological polar surface area (TPSA) is 103 Å². The molecule has 0 saturated heterocycles. The Morgan fingerprint density at radius 1 is 1.00 bits per heavy atom. The van der Waals surface area contributed by atoms with Gasteiger partial charge in [0.25, 0.3) is 11.6 Å². The third kappa shape index (κ3) is 6.28. The Labute approximate surface area is 180 Å². The molecular weight excluding hydrogens is 398 g/mol. The number of hydrogen-bond acceptors (Lipinski definition) is 6. The van der Waals surface area contributed by atoms with Crippen molar-refractivity contribution in [2.75, 3.05) is 25.6 Å². The Morgan fingerprint density at radius 3 is 2.55 bits per heavy atom. The summed E-state index contributed by atoms with van der Waals surface area (Å²) in [5.74, 6) is 0.274. The van der Waals surface area contributed by atoms with Gasteiger partial charge in [-0.25, -0.2) is 0 Å². The summed E-state index contributed by atoms with van der Waals surface area (Å²) in [4.78, 5) is 23.6. The van der Waals surface area contributed by atoms with Gasteiger partial charge in [-0.3, -0.25) is 14.9 Å². The zero-order valence-corrected chi connectivity index (χ0v) is 17.0. The maximum absolute atomic E-state index is 12.6. The van der Waals surface area contributed by atoms with E-state index in [4.69, 9.17) is 9.47 Å². The minimum Gasteiger partial charge on any atom is -0.491 e. The molecule has 3 rings (SSSR count). The number of rotatable bonds is 10. The number of nitro groups is 1. The number of hydrogen-bond donors (Lipinski definition) is 2. The highest BCUT2D eigenvalue weighted by Crippen LogP contribution is 2.28. The number of nitrogens with zero attached hydrogens (tertiary/aromatic N) is 1. The molecule has 0 aliphatic carbocycles. The number of methoxy groups -OCH3 is 1. The van der Waals surface area contributed by atoms with Gasteiger partial charge in [0.2, 0.25) is 0 Å². The van der Waals surface area contributed by atoms with Crippen molar-refractivity contribution >= 4 is 23.0 Å². The summed E-state index contributed by atoms with van der Waals surface area (Å²) in [6.45, 7) is 1.17. The van der Waals surface area contributed by atoms with Crippen LogP contribution in [0.25, 0.3) is 0 Å². The molecule has 0 spiro atoms. The van der Waals surface area contributed by atoms with Crippen molar-refractivity contribution < 1.29 is 19.2 Å². The van der Waals surface area contributed by atoms with E-state index < -0.39 is 10.8 Å². The van der Waals surface area contributed by atoms with Crippen LogP contribution in [-0.4, -0.2) is 31.2 Å². The summed E-state index contributed by atoms with van der Waals surface area (Å²) in [5.41, 5.74) is 1.91. The first kappa shape index (κ1) is 21.8. The third-order valence-electron chi connectivity index (χ3n) is 4.42. The number of carbonyl (C=O) groups is 1. The first-order valence-corrected chi connectivity index (χ1v) is 9.66. The van der Waals surface area contributed by atoms with Crippen LogP contribution in [0.5, 0.6) is 5.75 Å². The van der Waals surface area contributed by atoms with Crippen LogP contribution < -0.4 is 15.4 Å². The van der Waals surface area contributed by atoms with Crippen LogP contribution in [-0.2, 0) is 11.3 Å². The molecule has 3 aromatic carbocycles. The van der Waals surface area contributed by atoms with Crippen LogP contribution in [0.4, 0.5) is 17.1 Å². The Balaban J connectivity index is 1.67. The van der Waals surface area contributed by atoms with Crippen LogP contribution in [0.3, 0.4) is 0 Å². The van der Waals surface area contributed by atoms with E-state index in [2.05, 4.69) is 10.6 Å². The molecule has 0 aliphatic heterocycles. The predicted molar refractivity (Wildman–Crippen MR) is 118 cm³/mol. The smallest absolute Gasteiger partial charge is 0.293 e. The van der Waals surface area contributed by atoms with Gasteiger partial charge >= 0.3 is 0 Å². The molecule has 0 aliphatic rings. The van der Waals surface area contributed by atoms with Crippen molar-refractivity contribution in [1.29, 1.82) is 0 Å². The van der Waals surface area contributed by atoms with E-state index >= 15 is 0 Å². The standard InChI is InChI=1S/C23H23N3O5/c1-30-12-13-31-20-9-5-6-17(14-20)16-24-23(27)18-10-11-21(22(15-18)26(28)29)25-19-7-3-2-4-8-19/h2-11,14-15,25H,12-13,16H2,1H3,(H,24,27). The molecular formula is C23H23N3O5. The second-order valence-electron chi connectivity index (χ2n) is 6.65. The van der Waals surface area contributed by atoms with Crippen LogP contribution in [0.15, 0.2) is 72.8 Å². The molecule has 8 nitrogen and oxygen atoms in total. The fourth-order valence-electron chi connectivity index (χ4n) is 2.88. The summed E-state index contributed by atoms with van der Waals surface area (Å²) < 4.78 is 10.5. The van der Waals surface area contributed by atoms with Crippen LogP contribution >= 0.6 is 0 Å². The quantitative estimate of drug-likeness (QED) is 0.288. The van der Waals surface area contributed by atoms with Crippen molar-refractivity contribution in [3.63, 3.8) is 0 Å². The first-order valence-electron chi connectivity index (χ1n) is 9.66. The van der Waals surface area contributed by atoms with Crippen LogP contribution in [0, 0.1) is 10.1 Å². The Hall–Kier alpha value is -3.91. The second kappa shape index (κ2) is 10.7. The highest BCUT2D eigenvalue weighted by atomic mass is 16.6. The van der Waals surface area contributed by atoms with Gasteiger partial charge < -0.3 is 20.1 Å². The lowest BCUT2D eigenvalue weighted by molar-refractivity contribution is -0.383. The molecule has 160 valence electrons. The highest BCUT2D eigenvalue weighted by molar-refractivity contribution is 5.95. The van der Waals surface area contributed by atoms with E-state index in [0.717, 1.165) is 11.3 Å². The number of carbonyl (C=O) groups excluding carboxylic acids is 1. The summed E-state index contributed by atoms with van der Waals surface area (Å²) >= 11 is 0. The number of para-hydroxylation sites is 1. The average Bonchev–Trinajstić information content (AvgIpc) is 2.79. The maximum Gasteiger partial charge on any atom is 0.293 e. The van der Waals surface area contributed by atoms with Crippen molar-refractivity contribution in [2.45, 2.75) is 6.54 Å². The van der Waals surface area contributed by atoms with Gasteiger partial charge in [-0.05, 0) is 42.0 Å². The van der Waals surface area contributed by atoms with Gasteiger partial charge in [-0.15, -0.1) is 0 Å². The molecule has 0 fully saturated rings. The van der Waals surface area contributed by atoms with E-state index in [1.807, 2.05) is 42.5 Å². The largest absolute Gasteiger partial charge is 0.491 e. The minimum absolute atomic E-state index is 0.176. The lowest BCUT2D eigenvalue weighted by Gasteiger charge is -2.10. The number of benzene rings is 3. The minimum atomic E-state index is -0.511. The average molecular weight is 421 g/mol. The normalized spacial score (nSPS) is 10.4. The number of nitro benzene ring substituents is 1. The molecule has 2 N–H and O–H groups in total. The molecule has 0 atom stereocenters. The van der Waals surface area contributed by atoms with Gasteiger partial charge in [-0.1, -0.05) is 30.3 Å². The van der Waals surface area contributed by atoms with Crippen molar-refractivity contribution in [3.05, 3.63) is 94.0 Å². The molecule has 0 saturated carbocycles. The molecule has 1 amide bonds. The van der Waals surface area contributed by atoms with Gasteiger partial charge in [0, 0.05) is 31.0 Å². The zero-order valence-electron chi connectivity index (χ0n) is 17.0. The first-order chi connectivity index (χ1) is 15.1. The van der Waals surface area contributed by atoms with Crippen LogP contribution in [0.2, 0.25) is 0 Å². The number of nitrogens with one attached hydrogen (secondary N) is 2. The number of amides is 1. The summed E-state index contributed by atoms with van der Waals surface area (Å²) in [6, 6.07) is 20.8. The molecule has 3 aromatic rings. The summed E-state index contributed by atoms with van der Waals surface area (Å²) in [6.07, 6.45) is 0. The molecule has 0 bridgehead atoms. The van der Waals surface area contributed by atoms with E-state index in [9.17, 15) is 14.9 Å². The maximum atomic E-state index is 12.6. The van der Waals surface area contributed by atoms with Crippen molar-refractivity contribution in [3.8, 4) is 5.75 Å². The molecule has 0 radical (unpaired) electrons. The number of ether oxygens (including phenoxy) is 2. The molecule has 0 heterocycles. The van der Waals surface area contributed by atoms with Gasteiger partial charge in [0.15, 0.2) is 0 Å². The zero-order chi connectivity index (χ0) is 22.1. The monoisotopic (exact) mass is 421 g/mol. The Bertz CT molecular complexity index is 1040. The molecule has 8 heteroatoms. The third-order valence-corrected chi connectivity index (χ3v) is 4.42. The van der Waals surface area contributed by atoms with E-state index in [1.165, 1.54) is 12.1 Å². The highest BCUT2D eigenvalue weighted by Gasteiger charge is 2.18. The van der Waals surface area contributed by atoms with E-state index in [0.29, 0.717) is 24.7 Å². The fraction of sp³-hybridized carbons (Fsp3) is 0.174. The SMILES string of the molecule is COCCOc1cccc(CNC(=O)c2ccc(Nc3ccccc3)c([N+](=O)[O-])c2)c1. The lowest BCUT2D eigenvalue weighted by atomic mass is 10.1. The van der Waals surface area contributed by atoms with Crippen molar-refractivity contribution in [2.24, 2.45) is 0 Å². The molecule has 0 aromatic heterocycles. The van der Waals surface area contributed by atoms with Gasteiger partial charge in [0.05, 0.1) is 11.5 Å². The predicted octanol–water partition coefficient (Wildman–Crippen LogP) is 4.29. The van der Waals surface area contributed by atoms with E-state index in [-0.39, 0.29) is 17.8 Å². The van der Waals surface area contributed by atoms with Gasteiger partial charge in [0.1, 0.15) is 18.0 Å². The van der Waals surface area contributed by atoms with Gasteiger partial charge in [-0.2, -0.15) is 0 Å². The molecule has 0 unspecified atom stereocenters. The number of anilines is 2. The lowest BCUT2D eigenvalue weighted by Crippen LogP contribution is -2.23. The van der Waals surface area contributed by atoms with Crippen LogP contribution in [0.1, 0.15) is 15.9 Å². The summed E-state index contributed by atoms with van der Waals surface area (Å²) in [7, 11) is 1.60.